The summed E-state index contributed by atoms with van der Waals surface area (Å²) in [5.74, 6) is 0.788. The second kappa shape index (κ2) is 7.54. The molecule has 17 heavy (non-hydrogen) atoms. The van der Waals surface area contributed by atoms with E-state index in [2.05, 4.69) is 5.32 Å². The second-order valence-electron chi connectivity index (χ2n) is 4.25. The maximum Gasteiger partial charge on any atom is 0.120 e. The van der Waals surface area contributed by atoms with Crippen molar-refractivity contribution in [2.45, 2.75) is 32.4 Å². The Hall–Kier alpha value is -0.770. The first-order valence-electron chi connectivity index (χ1n) is 5.92. The maximum absolute atomic E-state index is 6.13. The number of ether oxygens (including phenoxy) is 1. The molecule has 0 bridgehead atoms. The van der Waals surface area contributed by atoms with Crippen LogP contribution in [-0.4, -0.2) is 19.7 Å². The molecule has 1 aromatic rings. The van der Waals surface area contributed by atoms with Crippen molar-refractivity contribution in [3.63, 3.8) is 0 Å². The highest BCUT2D eigenvalue weighted by molar-refractivity contribution is 6.31. The molecule has 3 N–H and O–H groups in total. The van der Waals surface area contributed by atoms with Crippen LogP contribution in [0.1, 0.15) is 25.3 Å². The number of benzene rings is 1. The summed E-state index contributed by atoms with van der Waals surface area (Å²) in [6.45, 7) is 3.77. The predicted octanol–water partition coefficient (Wildman–Crippen LogP) is 2.57. The first-order valence-corrected chi connectivity index (χ1v) is 6.30. The number of nitrogens with two attached hydrogens (primary N) is 1. The Balaban J connectivity index is 2.32. The van der Waals surface area contributed by atoms with Gasteiger partial charge in [0.05, 0.1) is 7.11 Å². The van der Waals surface area contributed by atoms with Crippen LogP contribution in [0.25, 0.3) is 0 Å². The van der Waals surface area contributed by atoms with Crippen molar-refractivity contribution >= 4 is 11.6 Å². The first kappa shape index (κ1) is 14.3. The zero-order valence-corrected chi connectivity index (χ0v) is 11.3. The zero-order valence-electron chi connectivity index (χ0n) is 10.5. The molecule has 0 saturated heterocycles. The summed E-state index contributed by atoms with van der Waals surface area (Å²) in [6.07, 6.45) is 2.13. The van der Waals surface area contributed by atoms with Gasteiger partial charge in [0, 0.05) is 17.6 Å². The standard InChI is InChI=1S/C13H21ClN2O/c1-10(15)4-3-7-16-9-11-5-6-12(17-2)8-13(11)14/h5-6,8,10,16H,3-4,7,9,15H2,1-2H3. The molecule has 1 unspecified atom stereocenters. The van der Waals surface area contributed by atoms with E-state index in [9.17, 15) is 0 Å². The van der Waals surface area contributed by atoms with Crippen LogP contribution in [0.5, 0.6) is 5.75 Å². The molecule has 96 valence electrons. The molecule has 0 radical (unpaired) electrons. The van der Waals surface area contributed by atoms with E-state index in [0.29, 0.717) is 0 Å². The fourth-order valence-corrected chi connectivity index (χ4v) is 1.81. The van der Waals surface area contributed by atoms with Gasteiger partial charge in [-0.25, -0.2) is 0 Å². The SMILES string of the molecule is COc1ccc(CNCCCC(C)N)c(Cl)c1. The minimum Gasteiger partial charge on any atom is -0.497 e. The predicted molar refractivity (Wildman–Crippen MR) is 72.6 cm³/mol. The molecule has 0 fully saturated rings. The summed E-state index contributed by atoms with van der Waals surface area (Å²) in [5.41, 5.74) is 6.77. The number of rotatable bonds is 7. The van der Waals surface area contributed by atoms with Crippen molar-refractivity contribution < 1.29 is 4.74 Å². The highest BCUT2D eigenvalue weighted by Gasteiger charge is 2.02. The van der Waals surface area contributed by atoms with Gasteiger partial charge in [-0.05, 0) is 44.0 Å². The minimum atomic E-state index is 0.279. The molecule has 0 aliphatic rings. The second-order valence-corrected chi connectivity index (χ2v) is 4.66. The van der Waals surface area contributed by atoms with E-state index < -0.39 is 0 Å². The number of halogens is 1. The zero-order chi connectivity index (χ0) is 12.7. The van der Waals surface area contributed by atoms with Crippen molar-refractivity contribution in [3.05, 3.63) is 28.8 Å². The largest absolute Gasteiger partial charge is 0.497 e. The Kier molecular flexibility index (Phi) is 6.34. The van der Waals surface area contributed by atoms with Crippen LogP contribution in [0.2, 0.25) is 5.02 Å². The minimum absolute atomic E-state index is 0.279. The Labute approximate surface area is 108 Å². The summed E-state index contributed by atoms with van der Waals surface area (Å²) < 4.78 is 5.10. The molecule has 1 atom stereocenters. The summed E-state index contributed by atoms with van der Waals surface area (Å²) in [7, 11) is 1.64. The molecule has 1 rings (SSSR count). The van der Waals surface area contributed by atoms with Gasteiger partial charge in [-0.3, -0.25) is 0 Å². The molecule has 0 spiro atoms. The molecular weight excluding hydrogens is 236 g/mol. The highest BCUT2D eigenvalue weighted by Crippen LogP contribution is 2.22. The average molecular weight is 257 g/mol. The summed E-state index contributed by atoms with van der Waals surface area (Å²) >= 11 is 6.13. The van der Waals surface area contributed by atoms with Gasteiger partial charge in [-0.2, -0.15) is 0 Å². The van der Waals surface area contributed by atoms with E-state index in [0.717, 1.165) is 42.3 Å². The molecule has 0 heterocycles. The lowest BCUT2D eigenvalue weighted by atomic mass is 10.2. The van der Waals surface area contributed by atoms with Crippen molar-refractivity contribution in [3.8, 4) is 5.75 Å². The average Bonchev–Trinajstić information content (AvgIpc) is 2.30. The monoisotopic (exact) mass is 256 g/mol. The van der Waals surface area contributed by atoms with E-state index >= 15 is 0 Å². The number of hydrogen-bond donors (Lipinski definition) is 2. The summed E-state index contributed by atoms with van der Waals surface area (Å²) in [5, 5.41) is 4.09. The van der Waals surface area contributed by atoms with Gasteiger partial charge in [-0.15, -0.1) is 0 Å². The van der Waals surface area contributed by atoms with Gasteiger partial charge >= 0.3 is 0 Å². The maximum atomic E-state index is 6.13. The molecule has 0 aliphatic heterocycles. The third-order valence-electron chi connectivity index (χ3n) is 2.59. The summed E-state index contributed by atoms with van der Waals surface area (Å²) in [6, 6.07) is 6.02. The normalized spacial score (nSPS) is 12.5. The molecular formula is C13H21ClN2O. The van der Waals surface area contributed by atoms with Gasteiger partial charge in [0.2, 0.25) is 0 Å². The lowest BCUT2D eigenvalue weighted by molar-refractivity contribution is 0.414. The van der Waals surface area contributed by atoms with E-state index in [1.54, 1.807) is 7.11 Å². The van der Waals surface area contributed by atoms with Crippen LogP contribution in [0, 0.1) is 0 Å². The Morgan fingerprint density at radius 2 is 2.24 bits per heavy atom. The quantitative estimate of drug-likeness (QED) is 0.737. The van der Waals surface area contributed by atoms with Crippen LogP contribution in [0.4, 0.5) is 0 Å². The Morgan fingerprint density at radius 3 is 2.82 bits per heavy atom. The molecule has 4 heteroatoms. The van der Waals surface area contributed by atoms with Gasteiger partial charge in [0.15, 0.2) is 0 Å². The van der Waals surface area contributed by atoms with Gasteiger partial charge < -0.3 is 15.8 Å². The molecule has 1 aromatic carbocycles. The van der Waals surface area contributed by atoms with E-state index in [4.69, 9.17) is 22.1 Å². The van der Waals surface area contributed by atoms with Crippen molar-refractivity contribution in [2.24, 2.45) is 5.73 Å². The van der Waals surface area contributed by atoms with Crippen molar-refractivity contribution in [1.82, 2.24) is 5.32 Å². The van der Waals surface area contributed by atoms with Crippen LogP contribution >= 0.6 is 11.6 Å². The van der Waals surface area contributed by atoms with E-state index in [1.807, 2.05) is 25.1 Å². The molecule has 0 aliphatic carbocycles. The summed E-state index contributed by atoms with van der Waals surface area (Å²) in [4.78, 5) is 0. The number of hydrogen-bond acceptors (Lipinski definition) is 3. The van der Waals surface area contributed by atoms with E-state index in [-0.39, 0.29) is 6.04 Å². The third-order valence-corrected chi connectivity index (χ3v) is 2.94. The number of methoxy groups -OCH3 is 1. The van der Waals surface area contributed by atoms with Crippen LogP contribution in [0.15, 0.2) is 18.2 Å². The Morgan fingerprint density at radius 1 is 1.47 bits per heavy atom. The fraction of sp³-hybridized carbons (Fsp3) is 0.538. The van der Waals surface area contributed by atoms with Gasteiger partial charge in [-0.1, -0.05) is 17.7 Å². The lowest BCUT2D eigenvalue weighted by Gasteiger charge is -2.09. The van der Waals surface area contributed by atoms with Crippen LogP contribution in [-0.2, 0) is 6.54 Å². The van der Waals surface area contributed by atoms with Crippen LogP contribution in [0.3, 0.4) is 0 Å². The first-order chi connectivity index (χ1) is 8.13. The lowest BCUT2D eigenvalue weighted by Crippen LogP contribution is -2.19. The highest BCUT2D eigenvalue weighted by atomic mass is 35.5. The van der Waals surface area contributed by atoms with Crippen molar-refractivity contribution in [1.29, 1.82) is 0 Å². The molecule has 0 amide bonds. The van der Waals surface area contributed by atoms with Crippen molar-refractivity contribution in [2.75, 3.05) is 13.7 Å². The smallest absolute Gasteiger partial charge is 0.120 e. The molecule has 0 saturated carbocycles. The van der Waals surface area contributed by atoms with Gasteiger partial charge in [0.1, 0.15) is 5.75 Å². The molecule has 3 nitrogen and oxygen atoms in total. The van der Waals surface area contributed by atoms with E-state index in [1.165, 1.54) is 0 Å². The topological polar surface area (TPSA) is 47.3 Å². The van der Waals surface area contributed by atoms with Crippen LogP contribution < -0.4 is 15.8 Å². The number of nitrogens with one attached hydrogen (secondary N) is 1. The third kappa shape index (κ3) is 5.39. The molecule has 0 aromatic heterocycles. The Bertz CT molecular complexity index is 342. The fourth-order valence-electron chi connectivity index (χ4n) is 1.57. The van der Waals surface area contributed by atoms with Gasteiger partial charge in [0.25, 0.3) is 0 Å².